The van der Waals surface area contributed by atoms with Crippen LogP contribution in [0.25, 0.3) is 0 Å². The van der Waals surface area contributed by atoms with E-state index in [2.05, 4.69) is 15.6 Å². The third-order valence-corrected chi connectivity index (χ3v) is 7.22. The minimum atomic E-state index is -1.28. The van der Waals surface area contributed by atoms with Crippen LogP contribution in [0.15, 0.2) is 40.8 Å². The molecule has 1 aromatic heterocycles. The number of carboxylic acids is 1. The summed E-state index contributed by atoms with van der Waals surface area (Å²) in [6, 6.07) is 9.28. The Morgan fingerprint density at radius 3 is 2.74 bits per heavy atom. The summed E-state index contributed by atoms with van der Waals surface area (Å²) in [4.78, 5) is 29.9. The van der Waals surface area contributed by atoms with Gasteiger partial charge in [-0.3, -0.25) is 4.79 Å². The van der Waals surface area contributed by atoms with Crippen LogP contribution in [0, 0.1) is 17.7 Å². The molecular formula is C26H24FN3O5. The lowest BCUT2D eigenvalue weighted by molar-refractivity contribution is -0.125. The van der Waals surface area contributed by atoms with E-state index in [1.165, 1.54) is 12.1 Å². The molecule has 0 fully saturated rings. The number of oxazole rings is 1. The third kappa shape index (κ3) is 2.93. The molecule has 3 N–H and O–H groups in total. The summed E-state index contributed by atoms with van der Waals surface area (Å²) in [6.45, 7) is 5.63. The summed E-state index contributed by atoms with van der Waals surface area (Å²) in [5, 5.41) is 16.4. The summed E-state index contributed by atoms with van der Waals surface area (Å²) in [7, 11) is 0. The average molecular weight is 477 g/mol. The van der Waals surface area contributed by atoms with Crippen LogP contribution in [0.4, 0.5) is 10.1 Å². The number of carboxylic acid groups (broad SMARTS) is 1. The summed E-state index contributed by atoms with van der Waals surface area (Å²) >= 11 is 0. The second-order valence-electron chi connectivity index (χ2n) is 9.84. The number of benzene rings is 2. The molecule has 3 aromatic rings. The molecule has 8 nitrogen and oxygen atoms in total. The number of carbonyl (C=O) groups excluding carboxylic acids is 1. The molecule has 180 valence electrons. The van der Waals surface area contributed by atoms with Crippen molar-refractivity contribution in [3.8, 4) is 5.75 Å². The van der Waals surface area contributed by atoms with E-state index in [0.29, 0.717) is 29.0 Å². The van der Waals surface area contributed by atoms with Crippen LogP contribution >= 0.6 is 0 Å². The van der Waals surface area contributed by atoms with Gasteiger partial charge in [-0.15, -0.1) is 0 Å². The van der Waals surface area contributed by atoms with Crippen molar-refractivity contribution in [1.29, 1.82) is 0 Å². The first kappa shape index (κ1) is 21.6. The van der Waals surface area contributed by atoms with Gasteiger partial charge in [-0.05, 0) is 42.2 Å². The molecule has 4 bridgehead atoms. The molecule has 35 heavy (non-hydrogen) atoms. The van der Waals surface area contributed by atoms with Gasteiger partial charge in [0.05, 0.1) is 0 Å². The predicted molar refractivity (Wildman–Crippen MR) is 123 cm³/mol. The van der Waals surface area contributed by atoms with Crippen molar-refractivity contribution in [3.63, 3.8) is 0 Å². The minimum Gasteiger partial charge on any atom is -0.476 e. The number of halogens is 1. The Kier molecular flexibility index (Phi) is 4.52. The summed E-state index contributed by atoms with van der Waals surface area (Å²) in [5.74, 6) is -1.74. The number of anilines is 1. The summed E-state index contributed by atoms with van der Waals surface area (Å²) in [5.41, 5.74) is 1.08. The first-order chi connectivity index (χ1) is 16.7. The SMILES string of the molecule is CC(C)[C@@H]1NC(=O)[C@@H](C)Cc2ccc3c(c2)[C@@]2(c4cc(F)ccc4N[C@@H]2O3)c2oc1nc2C(=O)O. The standard InChI is InChI=1S/C26H24FN3O5/c1-11(2)19-23-30-20(24(32)33)21(35-23)26-15-10-14(27)5-6-17(15)28-25(26)34-18-7-4-13(9-16(18)26)8-12(3)22(31)29-19/h4-7,9-12,19,25,28H,8H2,1-3H3,(H,29,31)(H,32,33)/t12-,19-,25+,26-/m0/s1. The lowest BCUT2D eigenvalue weighted by Gasteiger charge is -2.28. The topological polar surface area (TPSA) is 114 Å². The van der Waals surface area contributed by atoms with Gasteiger partial charge in [-0.25, -0.2) is 14.2 Å². The quantitative estimate of drug-likeness (QED) is 0.511. The molecule has 0 aliphatic carbocycles. The Balaban J connectivity index is 1.72. The van der Waals surface area contributed by atoms with Gasteiger partial charge in [0.25, 0.3) is 0 Å². The van der Waals surface area contributed by atoms with E-state index < -0.39 is 29.5 Å². The van der Waals surface area contributed by atoms with E-state index in [-0.39, 0.29) is 35.1 Å². The van der Waals surface area contributed by atoms with Gasteiger partial charge in [0.2, 0.25) is 11.8 Å². The zero-order chi connectivity index (χ0) is 24.6. The largest absolute Gasteiger partial charge is 0.476 e. The van der Waals surface area contributed by atoms with Gasteiger partial charge >= 0.3 is 5.97 Å². The second kappa shape index (κ2) is 7.31. The van der Waals surface area contributed by atoms with E-state index in [1.807, 2.05) is 32.9 Å². The first-order valence-electron chi connectivity index (χ1n) is 11.6. The van der Waals surface area contributed by atoms with Crippen molar-refractivity contribution in [1.82, 2.24) is 10.3 Å². The van der Waals surface area contributed by atoms with Gasteiger partial charge in [0.15, 0.2) is 17.7 Å². The van der Waals surface area contributed by atoms with Gasteiger partial charge in [0.1, 0.15) is 23.0 Å². The van der Waals surface area contributed by atoms with Crippen molar-refractivity contribution >= 4 is 17.6 Å². The second-order valence-corrected chi connectivity index (χ2v) is 9.84. The van der Waals surface area contributed by atoms with Crippen LogP contribution in [0.1, 0.15) is 65.6 Å². The van der Waals surface area contributed by atoms with E-state index in [9.17, 15) is 19.1 Å². The van der Waals surface area contributed by atoms with E-state index in [4.69, 9.17) is 9.15 Å². The van der Waals surface area contributed by atoms with Crippen LogP contribution in [0.3, 0.4) is 0 Å². The number of amides is 1. The summed E-state index contributed by atoms with van der Waals surface area (Å²) in [6.07, 6.45) is -0.303. The van der Waals surface area contributed by atoms with Crippen LogP contribution in [-0.4, -0.2) is 28.2 Å². The number of nitrogens with one attached hydrogen (secondary N) is 2. The molecule has 0 saturated carbocycles. The Morgan fingerprint density at radius 1 is 1.20 bits per heavy atom. The highest BCUT2D eigenvalue weighted by atomic mass is 19.1. The lowest BCUT2D eigenvalue weighted by atomic mass is 9.72. The highest BCUT2D eigenvalue weighted by Gasteiger charge is 2.61. The maximum absolute atomic E-state index is 14.6. The highest BCUT2D eigenvalue weighted by molar-refractivity contribution is 5.89. The number of hydrogen-bond acceptors (Lipinski definition) is 6. The number of carbonyl (C=O) groups is 2. The Bertz CT molecular complexity index is 1400. The average Bonchev–Trinajstić information content (AvgIpc) is 3.45. The first-order valence-corrected chi connectivity index (χ1v) is 11.6. The predicted octanol–water partition coefficient (Wildman–Crippen LogP) is 4.00. The molecule has 0 saturated heterocycles. The van der Waals surface area contributed by atoms with Gasteiger partial charge in [-0.1, -0.05) is 32.9 Å². The molecule has 4 heterocycles. The van der Waals surface area contributed by atoms with Crippen molar-refractivity contribution < 1.29 is 28.2 Å². The number of rotatable bonds is 2. The van der Waals surface area contributed by atoms with Crippen molar-refractivity contribution in [2.75, 3.05) is 5.32 Å². The normalized spacial score (nSPS) is 26.1. The fourth-order valence-electron chi connectivity index (χ4n) is 5.51. The van der Waals surface area contributed by atoms with E-state index in [1.54, 1.807) is 12.1 Å². The van der Waals surface area contributed by atoms with Crippen molar-refractivity contribution in [2.24, 2.45) is 11.8 Å². The Morgan fingerprint density at radius 2 is 2.00 bits per heavy atom. The van der Waals surface area contributed by atoms with Crippen LogP contribution in [0.5, 0.6) is 5.75 Å². The fourth-order valence-corrected chi connectivity index (χ4v) is 5.51. The minimum absolute atomic E-state index is 0.0475. The number of ether oxygens (including phenoxy) is 1. The lowest BCUT2D eigenvalue weighted by Crippen LogP contribution is -2.40. The molecular weight excluding hydrogens is 453 g/mol. The maximum Gasteiger partial charge on any atom is 0.358 e. The van der Waals surface area contributed by atoms with Gasteiger partial charge in [0, 0.05) is 22.7 Å². The molecule has 4 atom stereocenters. The number of hydrogen-bond donors (Lipinski definition) is 3. The number of aromatic carboxylic acids is 1. The molecule has 0 radical (unpaired) electrons. The van der Waals surface area contributed by atoms with Crippen molar-refractivity contribution in [3.05, 3.63) is 76.3 Å². The Labute approximate surface area is 200 Å². The zero-order valence-electron chi connectivity index (χ0n) is 19.4. The molecule has 6 rings (SSSR count). The monoisotopic (exact) mass is 477 g/mol. The molecule has 1 amide bonds. The van der Waals surface area contributed by atoms with E-state index >= 15 is 0 Å². The molecule has 2 aromatic carbocycles. The smallest absolute Gasteiger partial charge is 0.358 e. The number of nitrogens with zero attached hydrogens (tertiary/aromatic N) is 1. The van der Waals surface area contributed by atoms with Crippen LogP contribution in [0.2, 0.25) is 0 Å². The molecule has 3 aliphatic heterocycles. The molecule has 1 spiro atoms. The van der Waals surface area contributed by atoms with Crippen LogP contribution in [-0.2, 0) is 16.6 Å². The van der Waals surface area contributed by atoms with Gasteiger partial charge < -0.3 is 24.9 Å². The third-order valence-electron chi connectivity index (χ3n) is 7.22. The van der Waals surface area contributed by atoms with Gasteiger partial charge in [-0.2, -0.15) is 0 Å². The highest BCUT2D eigenvalue weighted by Crippen LogP contribution is 2.58. The molecule has 0 unspecified atom stereocenters. The zero-order valence-corrected chi connectivity index (χ0v) is 19.4. The Hall–Kier alpha value is -3.88. The molecule has 3 aliphatic rings. The fraction of sp³-hybridized carbons (Fsp3) is 0.346. The van der Waals surface area contributed by atoms with Crippen LogP contribution < -0.4 is 15.4 Å². The summed E-state index contributed by atoms with van der Waals surface area (Å²) < 4.78 is 27.2. The van der Waals surface area contributed by atoms with E-state index in [0.717, 1.165) is 5.56 Å². The maximum atomic E-state index is 14.6. The number of fused-ring (bicyclic) bond motifs is 4. The number of aromatic nitrogens is 1. The molecule has 9 heteroatoms. The van der Waals surface area contributed by atoms with Crippen molar-refractivity contribution in [2.45, 2.75) is 44.9 Å².